The number of hydrogen-bond acceptors (Lipinski definition) is 6. The molecule has 186 valence electrons. The van der Waals surface area contributed by atoms with Gasteiger partial charge in [-0.15, -0.1) is 0 Å². The molecule has 2 heterocycles. The molecule has 3 aromatic carbocycles. The predicted molar refractivity (Wildman–Crippen MR) is 147 cm³/mol. The fourth-order valence-electron chi connectivity index (χ4n) is 4.54. The van der Waals surface area contributed by atoms with Crippen LogP contribution in [0.4, 0.5) is 0 Å². The van der Waals surface area contributed by atoms with Gasteiger partial charge >= 0.3 is 4.87 Å². The lowest BCUT2D eigenvalue weighted by Gasteiger charge is -2.16. The minimum Gasteiger partial charge on any atom is -0.508 e. The number of phenols is 1. The molecule has 0 amide bonds. The maximum absolute atomic E-state index is 13.7. The van der Waals surface area contributed by atoms with Crippen molar-refractivity contribution in [2.45, 2.75) is 33.1 Å². The van der Waals surface area contributed by atoms with Crippen LogP contribution in [0.2, 0.25) is 0 Å². The highest BCUT2D eigenvalue weighted by Gasteiger charge is 2.17. The topological polar surface area (TPSA) is 101 Å². The normalized spacial score (nSPS) is 11.1. The SMILES string of the molecule is CCCc1nc(C)n(-c2ccc(O)cc2)c(=O)c1Cc1ccc(-c2ccccc2-c2nsc(=O)[nH]2)cc1. The van der Waals surface area contributed by atoms with Gasteiger partial charge in [0, 0.05) is 29.1 Å². The Labute approximate surface area is 217 Å². The van der Waals surface area contributed by atoms with Crippen molar-refractivity contribution in [3.8, 4) is 34.0 Å². The molecular formula is C29H26N4O3S. The van der Waals surface area contributed by atoms with Crippen LogP contribution in [-0.2, 0) is 12.8 Å². The largest absolute Gasteiger partial charge is 0.508 e. The Bertz CT molecular complexity index is 1670. The summed E-state index contributed by atoms with van der Waals surface area (Å²) in [7, 11) is 0. The van der Waals surface area contributed by atoms with E-state index in [4.69, 9.17) is 4.98 Å². The van der Waals surface area contributed by atoms with E-state index in [1.54, 1.807) is 28.8 Å². The molecule has 8 heteroatoms. The van der Waals surface area contributed by atoms with Gasteiger partial charge in [0.05, 0.1) is 11.4 Å². The highest BCUT2D eigenvalue weighted by Crippen LogP contribution is 2.30. The van der Waals surface area contributed by atoms with Crippen molar-refractivity contribution in [1.82, 2.24) is 18.9 Å². The van der Waals surface area contributed by atoms with Crippen LogP contribution in [0.5, 0.6) is 5.75 Å². The quantitative estimate of drug-likeness (QED) is 0.311. The molecule has 37 heavy (non-hydrogen) atoms. The highest BCUT2D eigenvalue weighted by molar-refractivity contribution is 7.03. The standard InChI is InChI=1S/C29H26N4O3S/c1-3-6-26-25(28(35)33(18(2)30-26)21-13-15-22(34)16-14-21)17-19-9-11-20(12-10-19)23-7-4-5-8-24(23)27-31-29(36)37-32-27/h4-5,7-16,34H,3,6,17H2,1-2H3,(H,31,32,36). The zero-order valence-electron chi connectivity index (χ0n) is 20.6. The minimum absolute atomic E-state index is 0.0939. The molecule has 7 nitrogen and oxygen atoms in total. The molecule has 0 aliphatic rings. The third-order valence-corrected chi connectivity index (χ3v) is 6.83. The lowest BCUT2D eigenvalue weighted by atomic mass is 9.96. The molecule has 2 N–H and O–H groups in total. The number of aromatic nitrogens is 4. The van der Waals surface area contributed by atoms with E-state index in [9.17, 15) is 14.7 Å². The van der Waals surface area contributed by atoms with Crippen LogP contribution in [0.15, 0.2) is 82.4 Å². The zero-order chi connectivity index (χ0) is 25.9. The smallest absolute Gasteiger partial charge is 0.323 e. The van der Waals surface area contributed by atoms with Crippen LogP contribution >= 0.6 is 11.5 Å². The van der Waals surface area contributed by atoms with E-state index in [0.29, 0.717) is 29.3 Å². The van der Waals surface area contributed by atoms with E-state index in [1.165, 1.54) is 0 Å². The Balaban J connectivity index is 1.51. The molecule has 0 spiro atoms. The lowest BCUT2D eigenvalue weighted by Crippen LogP contribution is -2.28. The summed E-state index contributed by atoms with van der Waals surface area (Å²) in [5, 5.41) is 9.67. The van der Waals surface area contributed by atoms with Crippen LogP contribution in [0, 0.1) is 6.92 Å². The van der Waals surface area contributed by atoms with Gasteiger partial charge < -0.3 is 5.11 Å². The number of nitrogens with one attached hydrogen (secondary N) is 1. The second kappa shape index (κ2) is 10.4. The van der Waals surface area contributed by atoms with Crippen molar-refractivity contribution in [1.29, 1.82) is 0 Å². The van der Waals surface area contributed by atoms with E-state index in [2.05, 4.69) is 16.3 Å². The minimum atomic E-state index is -0.187. The molecule has 0 aliphatic heterocycles. The first-order chi connectivity index (χ1) is 17.9. The summed E-state index contributed by atoms with van der Waals surface area (Å²) in [5.74, 6) is 1.32. The van der Waals surface area contributed by atoms with Gasteiger partial charge in [0.1, 0.15) is 11.6 Å². The number of aryl methyl sites for hydroxylation is 2. The Hall–Kier alpha value is -4.30. The van der Waals surface area contributed by atoms with Crippen molar-refractivity contribution in [2.24, 2.45) is 0 Å². The van der Waals surface area contributed by atoms with Crippen molar-refractivity contribution >= 4 is 11.5 Å². The number of aromatic hydroxyl groups is 1. The summed E-state index contributed by atoms with van der Waals surface area (Å²) in [6.07, 6.45) is 2.07. The Morgan fingerprint density at radius 2 is 1.65 bits per heavy atom. The van der Waals surface area contributed by atoms with Gasteiger partial charge in [-0.3, -0.25) is 19.1 Å². The van der Waals surface area contributed by atoms with Crippen LogP contribution in [-0.4, -0.2) is 24.0 Å². The monoisotopic (exact) mass is 510 g/mol. The first-order valence-corrected chi connectivity index (χ1v) is 12.9. The first kappa shape index (κ1) is 24.4. The number of benzene rings is 3. The molecule has 0 saturated heterocycles. The summed E-state index contributed by atoms with van der Waals surface area (Å²) in [4.78, 5) is 32.7. The van der Waals surface area contributed by atoms with Crippen molar-refractivity contribution in [3.05, 3.63) is 115 Å². The van der Waals surface area contributed by atoms with Gasteiger partial charge in [0.25, 0.3) is 5.56 Å². The third-order valence-electron chi connectivity index (χ3n) is 6.29. The number of phenolic OH excluding ortho intramolecular Hbond substituents is 1. The molecule has 0 radical (unpaired) electrons. The van der Waals surface area contributed by atoms with Gasteiger partial charge in [-0.1, -0.05) is 61.9 Å². The van der Waals surface area contributed by atoms with Gasteiger partial charge in [0.2, 0.25) is 0 Å². The maximum atomic E-state index is 13.7. The van der Waals surface area contributed by atoms with Crippen molar-refractivity contribution < 1.29 is 5.11 Å². The first-order valence-electron chi connectivity index (χ1n) is 12.1. The van der Waals surface area contributed by atoms with Crippen LogP contribution < -0.4 is 10.4 Å². The fourth-order valence-corrected chi connectivity index (χ4v) is 5.00. The lowest BCUT2D eigenvalue weighted by molar-refractivity contribution is 0.475. The van der Waals surface area contributed by atoms with Gasteiger partial charge in [-0.05, 0) is 54.3 Å². The molecule has 2 aromatic heterocycles. The summed E-state index contributed by atoms with van der Waals surface area (Å²) in [6.45, 7) is 3.91. The fraction of sp³-hybridized carbons (Fsp3) is 0.172. The van der Waals surface area contributed by atoms with Gasteiger partial charge in [0.15, 0.2) is 5.82 Å². The Morgan fingerprint density at radius 1 is 0.946 bits per heavy atom. The number of aromatic amines is 1. The van der Waals surface area contributed by atoms with Gasteiger partial charge in [-0.25, -0.2) is 4.98 Å². The molecule has 0 fully saturated rings. The molecule has 0 unspecified atom stereocenters. The molecule has 0 atom stereocenters. The van der Waals surface area contributed by atoms with Crippen LogP contribution in [0.3, 0.4) is 0 Å². The number of H-pyrrole nitrogens is 1. The summed E-state index contributed by atoms with van der Waals surface area (Å²) < 4.78 is 5.85. The predicted octanol–water partition coefficient (Wildman–Crippen LogP) is 5.27. The summed E-state index contributed by atoms with van der Waals surface area (Å²) in [6, 6.07) is 22.5. The van der Waals surface area contributed by atoms with E-state index in [1.807, 2.05) is 55.5 Å². The van der Waals surface area contributed by atoms with E-state index in [-0.39, 0.29) is 16.2 Å². The Morgan fingerprint density at radius 3 is 2.30 bits per heavy atom. The van der Waals surface area contributed by atoms with E-state index >= 15 is 0 Å². The molecule has 0 aliphatic carbocycles. The van der Waals surface area contributed by atoms with Crippen LogP contribution in [0.1, 0.15) is 36.0 Å². The molecule has 5 rings (SSSR count). The van der Waals surface area contributed by atoms with E-state index in [0.717, 1.165) is 52.3 Å². The number of rotatable bonds is 7. The second-order valence-electron chi connectivity index (χ2n) is 8.85. The summed E-state index contributed by atoms with van der Waals surface area (Å²) >= 11 is 0.904. The maximum Gasteiger partial charge on any atom is 0.323 e. The molecule has 0 bridgehead atoms. The van der Waals surface area contributed by atoms with Crippen molar-refractivity contribution in [2.75, 3.05) is 0 Å². The molecular weight excluding hydrogens is 484 g/mol. The highest BCUT2D eigenvalue weighted by atomic mass is 32.1. The summed E-state index contributed by atoms with van der Waals surface area (Å²) in [5.41, 5.74) is 5.89. The average Bonchev–Trinajstić information content (AvgIpc) is 3.34. The average molecular weight is 511 g/mol. The molecule has 0 saturated carbocycles. The molecule has 5 aromatic rings. The van der Waals surface area contributed by atoms with Gasteiger partial charge in [-0.2, -0.15) is 4.37 Å². The van der Waals surface area contributed by atoms with E-state index < -0.39 is 0 Å². The Kier molecular flexibility index (Phi) is 6.83. The number of nitrogens with zero attached hydrogens (tertiary/aromatic N) is 3. The second-order valence-corrected chi connectivity index (χ2v) is 9.59. The number of hydrogen-bond donors (Lipinski definition) is 2. The third kappa shape index (κ3) is 5.01. The van der Waals surface area contributed by atoms with Crippen molar-refractivity contribution in [3.63, 3.8) is 0 Å². The zero-order valence-corrected chi connectivity index (χ0v) is 21.4. The van der Waals surface area contributed by atoms with Crippen LogP contribution in [0.25, 0.3) is 28.2 Å².